The van der Waals surface area contributed by atoms with E-state index >= 15 is 0 Å². The summed E-state index contributed by atoms with van der Waals surface area (Å²) in [7, 11) is -4.05. The molecule has 2 aliphatic rings. The van der Waals surface area contributed by atoms with Crippen LogP contribution in [0, 0.1) is 13.8 Å². The molecule has 0 aromatic heterocycles. The molecule has 2 heterocycles. The molecule has 0 aliphatic carbocycles. The highest BCUT2D eigenvalue weighted by molar-refractivity contribution is 7.89. The van der Waals surface area contributed by atoms with Gasteiger partial charge in [0.25, 0.3) is 5.91 Å². The van der Waals surface area contributed by atoms with Gasteiger partial charge in [0.05, 0.1) is 11.0 Å². The van der Waals surface area contributed by atoms with Crippen LogP contribution < -0.4 is 14.8 Å². The maximum atomic E-state index is 13.1. The number of ether oxygens (including phenoxy) is 3. The highest BCUT2D eigenvalue weighted by Crippen LogP contribution is 2.32. The Morgan fingerprint density at radius 1 is 1.12 bits per heavy atom. The molecule has 1 unspecified atom stereocenters. The molecular formula is C23H26N2O8S. The SMILES string of the molecule is Cc1ccc(S(=O)(=O)N2CC(O)C[C@H]2C(=O)OCC(=O)NCc2ccc3c(c2)OCO3)cc1C. The van der Waals surface area contributed by atoms with Crippen molar-refractivity contribution in [3.05, 3.63) is 53.1 Å². The van der Waals surface area contributed by atoms with Crippen molar-refractivity contribution in [3.63, 3.8) is 0 Å². The minimum atomic E-state index is -4.05. The normalized spacial score (nSPS) is 19.7. The summed E-state index contributed by atoms with van der Waals surface area (Å²) in [6.07, 6.45) is -1.12. The first-order chi connectivity index (χ1) is 16.1. The van der Waals surface area contributed by atoms with Crippen LogP contribution in [0.5, 0.6) is 11.5 Å². The lowest BCUT2D eigenvalue weighted by Crippen LogP contribution is -2.42. The van der Waals surface area contributed by atoms with E-state index in [-0.39, 0.29) is 31.2 Å². The number of nitrogens with zero attached hydrogens (tertiary/aromatic N) is 1. The van der Waals surface area contributed by atoms with Gasteiger partial charge in [0.15, 0.2) is 18.1 Å². The van der Waals surface area contributed by atoms with Gasteiger partial charge in [-0.05, 0) is 54.8 Å². The fourth-order valence-corrected chi connectivity index (χ4v) is 5.52. The number of benzene rings is 2. The van der Waals surface area contributed by atoms with E-state index in [1.54, 1.807) is 31.2 Å². The smallest absolute Gasteiger partial charge is 0.325 e. The van der Waals surface area contributed by atoms with Crippen LogP contribution in [0.2, 0.25) is 0 Å². The van der Waals surface area contributed by atoms with Gasteiger partial charge in [-0.15, -0.1) is 0 Å². The Balaban J connectivity index is 1.35. The number of carbonyl (C=O) groups is 2. The second-order valence-electron chi connectivity index (χ2n) is 8.30. The average Bonchev–Trinajstić information content (AvgIpc) is 3.44. The summed E-state index contributed by atoms with van der Waals surface area (Å²) >= 11 is 0. The average molecular weight is 491 g/mol. The molecule has 1 saturated heterocycles. The zero-order valence-corrected chi connectivity index (χ0v) is 19.6. The predicted octanol–water partition coefficient (Wildman–Crippen LogP) is 1.02. The van der Waals surface area contributed by atoms with Gasteiger partial charge in [-0.2, -0.15) is 4.31 Å². The van der Waals surface area contributed by atoms with Gasteiger partial charge in [-0.1, -0.05) is 12.1 Å². The Hall–Kier alpha value is -3.15. The first-order valence-corrected chi connectivity index (χ1v) is 12.2. The van der Waals surface area contributed by atoms with Crippen LogP contribution in [0.3, 0.4) is 0 Å². The molecule has 11 heteroatoms. The van der Waals surface area contributed by atoms with Crippen LogP contribution in [0.4, 0.5) is 0 Å². The molecule has 0 spiro atoms. The zero-order valence-electron chi connectivity index (χ0n) is 18.8. The van der Waals surface area contributed by atoms with Crippen LogP contribution in [-0.4, -0.2) is 61.8 Å². The Kier molecular flexibility index (Phi) is 6.78. The van der Waals surface area contributed by atoms with Crippen molar-refractivity contribution in [1.82, 2.24) is 9.62 Å². The van der Waals surface area contributed by atoms with E-state index in [0.29, 0.717) is 11.5 Å². The monoisotopic (exact) mass is 490 g/mol. The maximum absolute atomic E-state index is 13.1. The molecule has 2 atom stereocenters. The fraction of sp³-hybridized carbons (Fsp3) is 0.391. The molecule has 2 aliphatic heterocycles. The van der Waals surface area contributed by atoms with Gasteiger partial charge < -0.3 is 24.6 Å². The highest BCUT2D eigenvalue weighted by Gasteiger charge is 2.44. The lowest BCUT2D eigenvalue weighted by molar-refractivity contribution is -0.151. The van der Waals surface area contributed by atoms with Crippen LogP contribution >= 0.6 is 0 Å². The van der Waals surface area contributed by atoms with Gasteiger partial charge in [-0.3, -0.25) is 9.59 Å². The summed E-state index contributed by atoms with van der Waals surface area (Å²) in [5.74, 6) is -0.221. The number of nitrogens with one attached hydrogen (secondary N) is 1. The summed E-state index contributed by atoms with van der Waals surface area (Å²) in [5.41, 5.74) is 2.50. The lowest BCUT2D eigenvalue weighted by atomic mass is 10.1. The van der Waals surface area contributed by atoms with Crippen molar-refractivity contribution in [3.8, 4) is 11.5 Å². The minimum Gasteiger partial charge on any atom is -0.454 e. The summed E-state index contributed by atoms with van der Waals surface area (Å²) in [4.78, 5) is 24.9. The number of fused-ring (bicyclic) bond motifs is 1. The number of carbonyl (C=O) groups excluding carboxylic acids is 2. The van der Waals surface area contributed by atoms with Gasteiger partial charge in [0.2, 0.25) is 16.8 Å². The number of hydrogen-bond donors (Lipinski definition) is 2. The van der Waals surface area contributed by atoms with Crippen molar-refractivity contribution < 1.29 is 37.3 Å². The first-order valence-electron chi connectivity index (χ1n) is 10.7. The van der Waals surface area contributed by atoms with Crippen molar-refractivity contribution in [2.24, 2.45) is 0 Å². The Morgan fingerprint density at radius 2 is 1.88 bits per heavy atom. The molecular weight excluding hydrogens is 464 g/mol. The summed E-state index contributed by atoms with van der Waals surface area (Å²) < 4.78 is 42.9. The quantitative estimate of drug-likeness (QED) is 0.550. The van der Waals surface area contributed by atoms with E-state index in [1.807, 2.05) is 6.92 Å². The number of sulfonamides is 1. The minimum absolute atomic E-state index is 0.0315. The van der Waals surface area contributed by atoms with E-state index in [0.717, 1.165) is 21.0 Å². The first kappa shape index (κ1) is 24.0. The number of amides is 1. The third-order valence-electron chi connectivity index (χ3n) is 5.86. The largest absolute Gasteiger partial charge is 0.454 e. The summed E-state index contributed by atoms with van der Waals surface area (Å²) in [6.45, 7) is 3.18. The lowest BCUT2D eigenvalue weighted by Gasteiger charge is -2.22. The second kappa shape index (κ2) is 9.61. The number of hydrogen-bond acceptors (Lipinski definition) is 8. The number of rotatable bonds is 7. The fourth-order valence-electron chi connectivity index (χ4n) is 3.81. The Bertz CT molecular complexity index is 1210. The van der Waals surface area contributed by atoms with Gasteiger partial charge >= 0.3 is 5.97 Å². The van der Waals surface area contributed by atoms with Crippen molar-refractivity contribution in [2.75, 3.05) is 19.9 Å². The van der Waals surface area contributed by atoms with E-state index in [4.69, 9.17) is 14.2 Å². The maximum Gasteiger partial charge on any atom is 0.325 e. The molecule has 1 fully saturated rings. The molecule has 4 rings (SSSR count). The molecule has 0 bridgehead atoms. The van der Waals surface area contributed by atoms with Gasteiger partial charge in [0, 0.05) is 19.5 Å². The molecule has 10 nitrogen and oxygen atoms in total. The number of aryl methyl sites for hydroxylation is 2. The Morgan fingerprint density at radius 3 is 2.65 bits per heavy atom. The second-order valence-corrected chi connectivity index (χ2v) is 10.2. The molecule has 0 radical (unpaired) electrons. The molecule has 34 heavy (non-hydrogen) atoms. The van der Waals surface area contributed by atoms with Gasteiger partial charge in [-0.25, -0.2) is 8.42 Å². The third kappa shape index (κ3) is 5.01. The van der Waals surface area contributed by atoms with E-state index < -0.39 is 40.7 Å². The standard InChI is InChI=1S/C23H26N2O8S/c1-14-3-5-18(7-15(14)2)34(29,30)25-11-17(26)9-19(25)23(28)31-12-22(27)24-10-16-4-6-20-21(8-16)33-13-32-20/h3-8,17,19,26H,9-13H2,1-2H3,(H,24,27)/t17?,19-/m0/s1. The number of β-amino-alcohol motifs (C(OH)–C–C–N with tert-alkyl or cyclic N) is 1. The molecule has 0 saturated carbocycles. The zero-order chi connectivity index (χ0) is 24.5. The van der Waals surface area contributed by atoms with Crippen LogP contribution in [0.15, 0.2) is 41.3 Å². The summed E-state index contributed by atoms with van der Waals surface area (Å²) in [6, 6.07) is 8.71. The molecule has 182 valence electrons. The molecule has 2 N–H and O–H groups in total. The van der Waals surface area contributed by atoms with Crippen molar-refractivity contribution in [2.45, 2.75) is 43.9 Å². The Labute approximate surface area is 197 Å². The topological polar surface area (TPSA) is 131 Å². The number of esters is 1. The number of aliphatic hydroxyl groups excluding tert-OH is 1. The summed E-state index contributed by atoms with van der Waals surface area (Å²) in [5, 5.41) is 12.7. The van der Waals surface area contributed by atoms with E-state index in [1.165, 1.54) is 12.1 Å². The van der Waals surface area contributed by atoms with E-state index in [2.05, 4.69) is 5.32 Å². The molecule has 2 aromatic rings. The van der Waals surface area contributed by atoms with Gasteiger partial charge in [0.1, 0.15) is 6.04 Å². The predicted molar refractivity (Wildman–Crippen MR) is 120 cm³/mol. The van der Waals surface area contributed by atoms with Crippen LogP contribution in [0.25, 0.3) is 0 Å². The number of aliphatic hydroxyl groups is 1. The highest BCUT2D eigenvalue weighted by atomic mass is 32.2. The third-order valence-corrected chi connectivity index (χ3v) is 7.73. The van der Waals surface area contributed by atoms with Crippen molar-refractivity contribution >= 4 is 21.9 Å². The van der Waals surface area contributed by atoms with Crippen LogP contribution in [-0.2, 0) is 30.9 Å². The van der Waals surface area contributed by atoms with E-state index in [9.17, 15) is 23.1 Å². The molecule has 1 amide bonds. The van der Waals surface area contributed by atoms with Crippen LogP contribution in [0.1, 0.15) is 23.1 Å². The van der Waals surface area contributed by atoms with Crippen molar-refractivity contribution in [1.29, 1.82) is 0 Å². The molecule has 2 aromatic carbocycles.